The summed E-state index contributed by atoms with van der Waals surface area (Å²) < 4.78 is 0. The first kappa shape index (κ1) is 19.1. The van der Waals surface area contributed by atoms with Crippen molar-refractivity contribution >= 4 is 29.7 Å². The Morgan fingerprint density at radius 2 is 2.09 bits per heavy atom. The average molecular weight is 344 g/mol. The molecule has 128 valence electrons. The zero-order valence-corrected chi connectivity index (χ0v) is 13.8. The molecule has 1 aliphatic heterocycles. The first-order valence-corrected chi connectivity index (χ1v) is 7.25. The number of benzene rings is 1. The molecule has 2 rings (SSSR count). The minimum Gasteiger partial charge on any atom is -0.393 e. The summed E-state index contributed by atoms with van der Waals surface area (Å²) in [5.74, 6) is -0.376. The molecule has 1 saturated heterocycles. The van der Waals surface area contributed by atoms with Crippen LogP contribution in [0.15, 0.2) is 12.1 Å². The maximum absolute atomic E-state index is 12.2. The van der Waals surface area contributed by atoms with Crippen LogP contribution in [0.3, 0.4) is 0 Å². The Morgan fingerprint density at radius 1 is 1.43 bits per heavy atom. The van der Waals surface area contributed by atoms with Crippen LogP contribution in [-0.4, -0.2) is 55.0 Å². The van der Waals surface area contributed by atoms with Crippen molar-refractivity contribution < 1.29 is 9.72 Å². The van der Waals surface area contributed by atoms with Crippen LogP contribution in [-0.2, 0) is 0 Å². The van der Waals surface area contributed by atoms with Crippen LogP contribution in [0.1, 0.15) is 15.9 Å². The van der Waals surface area contributed by atoms with Crippen LogP contribution in [0.25, 0.3) is 0 Å². The molecule has 9 heteroatoms. The van der Waals surface area contributed by atoms with E-state index in [9.17, 15) is 14.9 Å². The normalized spacial score (nSPS) is 14.8. The van der Waals surface area contributed by atoms with E-state index >= 15 is 0 Å². The van der Waals surface area contributed by atoms with Gasteiger partial charge in [0, 0.05) is 45.3 Å². The molecule has 1 heterocycles. The van der Waals surface area contributed by atoms with Gasteiger partial charge in [-0.05, 0) is 18.6 Å². The summed E-state index contributed by atoms with van der Waals surface area (Å²) >= 11 is 0. The van der Waals surface area contributed by atoms with Gasteiger partial charge in [-0.3, -0.25) is 19.8 Å². The van der Waals surface area contributed by atoms with E-state index in [4.69, 9.17) is 5.73 Å². The number of aryl methyl sites for hydroxylation is 1. The second kappa shape index (κ2) is 8.66. The fraction of sp³-hybridized carbons (Fsp3) is 0.500. The number of nitro groups is 1. The van der Waals surface area contributed by atoms with Crippen molar-refractivity contribution in [3.63, 3.8) is 0 Å². The fourth-order valence-electron chi connectivity index (χ4n) is 2.47. The topological polar surface area (TPSA) is 114 Å². The predicted molar refractivity (Wildman–Crippen MR) is 91.1 cm³/mol. The van der Waals surface area contributed by atoms with E-state index in [0.717, 1.165) is 32.7 Å². The number of nitrogen functional groups attached to an aromatic ring is 1. The molecule has 0 atom stereocenters. The first-order chi connectivity index (χ1) is 10.5. The van der Waals surface area contributed by atoms with Gasteiger partial charge in [-0.25, -0.2) is 0 Å². The van der Waals surface area contributed by atoms with Gasteiger partial charge in [0.25, 0.3) is 11.6 Å². The fourth-order valence-corrected chi connectivity index (χ4v) is 2.47. The lowest BCUT2D eigenvalue weighted by atomic mass is 10.1. The van der Waals surface area contributed by atoms with Gasteiger partial charge in [0.05, 0.1) is 10.5 Å². The zero-order chi connectivity index (χ0) is 16.1. The number of nitrogens with zero attached hydrogens (tertiary/aromatic N) is 2. The van der Waals surface area contributed by atoms with Crippen molar-refractivity contribution in [2.45, 2.75) is 6.92 Å². The molecule has 1 amide bonds. The minimum absolute atomic E-state index is 0. The summed E-state index contributed by atoms with van der Waals surface area (Å²) in [6.07, 6.45) is 0. The molecule has 0 aliphatic carbocycles. The molecule has 0 unspecified atom stereocenters. The number of anilines is 1. The number of rotatable bonds is 5. The monoisotopic (exact) mass is 343 g/mol. The maximum atomic E-state index is 12.2. The third-order valence-corrected chi connectivity index (χ3v) is 3.67. The molecular weight excluding hydrogens is 322 g/mol. The number of hydrogen-bond donors (Lipinski definition) is 3. The number of nitrogens with one attached hydrogen (secondary N) is 2. The number of amides is 1. The average Bonchev–Trinajstić information content (AvgIpc) is 2.50. The highest BCUT2D eigenvalue weighted by atomic mass is 35.5. The van der Waals surface area contributed by atoms with Gasteiger partial charge in [-0.15, -0.1) is 12.4 Å². The Kier molecular flexibility index (Phi) is 7.21. The minimum atomic E-state index is -0.570. The van der Waals surface area contributed by atoms with E-state index in [1.54, 1.807) is 13.0 Å². The Balaban J connectivity index is 0.00000264. The van der Waals surface area contributed by atoms with E-state index < -0.39 is 4.92 Å². The van der Waals surface area contributed by atoms with Gasteiger partial charge in [0.2, 0.25) is 0 Å². The summed E-state index contributed by atoms with van der Waals surface area (Å²) in [5.41, 5.74) is 6.22. The van der Waals surface area contributed by atoms with E-state index in [1.165, 1.54) is 6.07 Å². The smallest absolute Gasteiger partial charge is 0.293 e. The van der Waals surface area contributed by atoms with Crippen molar-refractivity contribution in [1.82, 2.24) is 15.5 Å². The van der Waals surface area contributed by atoms with Crippen LogP contribution >= 0.6 is 12.4 Å². The molecule has 1 aromatic carbocycles. The summed E-state index contributed by atoms with van der Waals surface area (Å²) in [5, 5.41) is 17.0. The number of nitro benzene ring substituents is 1. The molecule has 1 aromatic rings. The van der Waals surface area contributed by atoms with E-state index in [1.807, 2.05) is 0 Å². The third-order valence-electron chi connectivity index (χ3n) is 3.67. The second-order valence-corrected chi connectivity index (χ2v) is 5.35. The van der Waals surface area contributed by atoms with Crippen molar-refractivity contribution in [2.75, 3.05) is 45.0 Å². The Bertz CT molecular complexity index is 576. The van der Waals surface area contributed by atoms with Gasteiger partial charge >= 0.3 is 0 Å². The third kappa shape index (κ3) is 5.05. The molecular formula is C14H22ClN5O3. The lowest BCUT2D eigenvalue weighted by molar-refractivity contribution is -0.384. The number of hydrogen-bond acceptors (Lipinski definition) is 6. The van der Waals surface area contributed by atoms with Crippen LogP contribution in [0.2, 0.25) is 0 Å². The predicted octanol–water partition coefficient (Wildman–Crippen LogP) is 0.542. The van der Waals surface area contributed by atoms with Crippen LogP contribution in [0, 0.1) is 17.0 Å². The molecule has 0 spiro atoms. The number of piperazine rings is 1. The molecule has 1 aliphatic rings. The molecule has 0 aromatic heterocycles. The zero-order valence-electron chi connectivity index (χ0n) is 13.0. The van der Waals surface area contributed by atoms with Crippen molar-refractivity contribution in [3.05, 3.63) is 33.4 Å². The standard InChI is InChI=1S/C14H21N5O3.ClH/c1-10-8-11(13(15)12(9-10)19(21)22)14(20)17-4-7-18-5-2-16-3-6-18;/h8-9,16H,2-7,15H2,1H3,(H,17,20);1H. The number of nitrogens with two attached hydrogens (primary N) is 1. The van der Waals surface area contributed by atoms with Gasteiger partial charge in [0.15, 0.2) is 0 Å². The quantitative estimate of drug-likeness (QED) is 0.408. The summed E-state index contributed by atoms with van der Waals surface area (Å²) in [4.78, 5) is 24.8. The van der Waals surface area contributed by atoms with Gasteiger partial charge in [-0.2, -0.15) is 0 Å². The van der Waals surface area contributed by atoms with Gasteiger partial charge in [0.1, 0.15) is 5.69 Å². The van der Waals surface area contributed by atoms with Crippen LogP contribution in [0.4, 0.5) is 11.4 Å². The highest BCUT2D eigenvalue weighted by molar-refractivity contribution is 6.01. The van der Waals surface area contributed by atoms with Gasteiger partial charge in [-0.1, -0.05) is 0 Å². The summed E-state index contributed by atoms with van der Waals surface area (Å²) in [6, 6.07) is 2.94. The number of carbonyl (C=O) groups is 1. The maximum Gasteiger partial charge on any atom is 0.293 e. The van der Waals surface area contributed by atoms with Gasteiger partial charge < -0.3 is 16.4 Å². The highest BCUT2D eigenvalue weighted by Crippen LogP contribution is 2.26. The van der Waals surface area contributed by atoms with E-state index in [-0.39, 0.29) is 35.3 Å². The number of halogens is 1. The van der Waals surface area contributed by atoms with Crippen LogP contribution in [0.5, 0.6) is 0 Å². The largest absolute Gasteiger partial charge is 0.393 e. The first-order valence-electron chi connectivity index (χ1n) is 7.25. The Labute approximate surface area is 141 Å². The van der Waals surface area contributed by atoms with Crippen molar-refractivity contribution in [3.8, 4) is 0 Å². The second-order valence-electron chi connectivity index (χ2n) is 5.35. The molecule has 4 N–H and O–H groups in total. The van der Waals surface area contributed by atoms with E-state index in [2.05, 4.69) is 15.5 Å². The summed E-state index contributed by atoms with van der Waals surface area (Å²) in [6.45, 7) is 6.74. The van der Waals surface area contributed by atoms with Crippen molar-refractivity contribution in [2.24, 2.45) is 0 Å². The molecule has 0 bridgehead atoms. The van der Waals surface area contributed by atoms with Crippen LogP contribution < -0.4 is 16.4 Å². The van der Waals surface area contributed by atoms with E-state index in [0.29, 0.717) is 12.1 Å². The molecule has 0 radical (unpaired) electrons. The molecule has 8 nitrogen and oxygen atoms in total. The number of carbonyl (C=O) groups excluding carboxylic acids is 1. The van der Waals surface area contributed by atoms with Crippen molar-refractivity contribution in [1.29, 1.82) is 0 Å². The lowest BCUT2D eigenvalue weighted by Gasteiger charge is -2.27. The Morgan fingerprint density at radius 3 is 2.70 bits per heavy atom. The SMILES string of the molecule is Cc1cc(C(=O)NCCN2CCNCC2)c(N)c([N+](=O)[O-])c1.Cl. The molecule has 23 heavy (non-hydrogen) atoms. The summed E-state index contributed by atoms with van der Waals surface area (Å²) in [7, 11) is 0. The molecule has 0 saturated carbocycles. The lowest BCUT2D eigenvalue weighted by Crippen LogP contribution is -2.46. The highest BCUT2D eigenvalue weighted by Gasteiger charge is 2.20. The molecule has 1 fully saturated rings. The Hall–Kier alpha value is -1.90.